The molecule has 1 aliphatic carbocycles. The van der Waals surface area contributed by atoms with E-state index in [1.54, 1.807) is 0 Å². The van der Waals surface area contributed by atoms with Gasteiger partial charge in [-0.15, -0.1) is 0 Å². The topological polar surface area (TPSA) is 51.8 Å². The van der Waals surface area contributed by atoms with Gasteiger partial charge in [0.15, 0.2) is 17.5 Å². The number of hydrogen-bond acceptors (Lipinski definition) is 4. The molecule has 0 saturated heterocycles. The third-order valence-corrected chi connectivity index (χ3v) is 11.2. The smallest absolute Gasteiger partial charge is 0.164 e. The van der Waals surface area contributed by atoms with E-state index in [-0.39, 0.29) is 0 Å². The Labute approximate surface area is 330 Å². The largest absolute Gasteiger partial charge is 0.460 e. The van der Waals surface area contributed by atoms with Gasteiger partial charge >= 0.3 is 0 Å². The molecule has 0 spiro atoms. The van der Waals surface area contributed by atoms with Gasteiger partial charge in [0.1, 0.15) is 11.3 Å². The molecule has 1 aliphatic rings. The van der Waals surface area contributed by atoms with Crippen LogP contribution in [0.5, 0.6) is 0 Å². The van der Waals surface area contributed by atoms with Crippen LogP contribution < -0.4 is 0 Å². The fraction of sp³-hybridized carbons (Fsp3) is 0.0377. The lowest BCUT2D eigenvalue weighted by atomic mass is 9.89. The van der Waals surface area contributed by atoms with E-state index in [4.69, 9.17) is 19.4 Å². The lowest BCUT2D eigenvalue weighted by molar-refractivity contribution is 0.548. The number of rotatable bonds is 6. The fourth-order valence-electron chi connectivity index (χ4n) is 8.35. The van der Waals surface area contributed by atoms with Gasteiger partial charge in [-0.1, -0.05) is 158 Å². The Morgan fingerprint density at radius 1 is 0.368 bits per heavy atom. The Morgan fingerprint density at radius 2 is 0.965 bits per heavy atom. The van der Waals surface area contributed by atoms with Crippen LogP contribution in [0.15, 0.2) is 186 Å². The number of hydrogen-bond donors (Lipinski definition) is 0. The normalized spacial score (nSPS) is 12.5. The average molecular weight is 730 g/mol. The van der Waals surface area contributed by atoms with Crippen LogP contribution in [0.2, 0.25) is 0 Å². The van der Waals surface area contributed by atoms with Crippen molar-refractivity contribution in [2.24, 2.45) is 0 Å². The van der Waals surface area contributed by atoms with E-state index in [1.165, 1.54) is 32.7 Å². The third-order valence-electron chi connectivity index (χ3n) is 11.2. The van der Waals surface area contributed by atoms with Crippen LogP contribution in [0.4, 0.5) is 0 Å². The van der Waals surface area contributed by atoms with E-state index in [2.05, 4.69) is 164 Å². The average Bonchev–Trinajstić information content (AvgIpc) is 3.67. The molecule has 0 saturated carbocycles. The minimum Gasteiger partial charge on any atom is -0.460 e. The first-order chi connectivity index (χ1) is 28.2. The molecular formula is C53H35N3O. The second-order valence-electron chi connectivity index (χ2n) is 14.7. The molecule has 2 aromatic heterocycles. The molecule has 0 fully saturated rings. The summed E-state index contributed by atoms with van der Waals surface area (Å²) in [4.78, 5) is 15.6. The van der Waals surface area contributed by atoms with Crippen LogP contribution in [-0.4, -0.2) is 15.0 Å². The monoisotopic (exact) mass is 729 g/mol. The van der Waals surface area contributed by atoms with Gasteiger partial charge in [0.05, 0.1) is 0 Å². The second-order valence-corrected chi connectivity index (χ2v) is 14.7. The quantitative estimate of drug-likeness (QED) is 0.171. The Bertz CT molecular complexity index is 3180. The zero-order valence-corrected chi connectivity index (χ0v) is 31.1. The maximum atomic E-state index is 6.57. The number of allylic oxidation sites excluding steroid dienone is 1. The summed E-state index contributed by atoms with van der Waals surface area (Å²) in [6, 6.07) is 64.0. The predicted molar refractivity (Wildman–Crippen MR) is 234 cm³/mol. The van der Waals surface area contributed by atoms with Crippen molar-refractivity contribution in [3.8, 4) is 56.4 Å². The molecule has 57 heavy (non-hydrogen) atoms. The molecule has 268 valence electrons. The van der Waals surface area contributed by atoms with Crippen LogP contribution in [0, 0.1) is 0 Å². The predicted octanol–water partition coefficient (Wildman–Crippen LogP) is 13.7. The van der Waals surface area contributed by atoms with Crippen molar-refractivity contribution in [3.63, 3.8) is 0 Å². The van der Waals surface area contributed by atoms with E-state index in [0.29, 0.717) is 17.5 Å². The molecule has 0 atom stereocenters. The highest BCUT2D eigenvalue weighted by molar-refractivity contribution is 6.04. The maximum Gasteiger partial charge on any atom is 0.164 e. The molecule has 0 unspecified atom stereocenters. The number of aryl methyl sites for hydroxylation is 1. The van der Waals surface area contributed by atoms with Crippen molar-refractivity contribution in [2.45, 2.75) is 12.8 Å². The van der Waals surface area contributed by atoms with Crippen molar-refractivity contribution in [1.82, 2.24) is 15.0 Å². The molecule has 0 bridgehead atoms. The molecule has 2 heterocycles. The molecule has 0 aliphatic heterocycles. The molecule has 10 aromatic rings. The van der Waals surface area contributed by atoms with E-state index in [0.717, 1.165) is 74.1 Å². The van der Waals surface area contributed by atoms with Gasteiger partial charge in [0, 0.05) is 34.1 Å². The summed E-state index contributed by atoms with van der Waals surface area (Å²) in [6.45, 7) is 0. The molecule has 0 radical (unpaired) electrons. The number of nitrogens with zero attached hydrogens (tertiary/aromatic N) is 3. The Kier molecular flexibility index (Phi) is 7.92. The number of aromatic nitrogens is 3. The van der Waals surface area contributed by atoms with E-state index < -0.39 is 0 Å². The summed E-state index contributed by atoms with van der Waals surface area (Å²) < 4.78 is 6.57. The molecule has 0 N–H and O–H groups in total. The minimum absolute atomic E-state index is 0.610. The third kappa shape index (κ3) is 5.99. The van der Waals surface area contributed by atoms with E-state index in [9.17, 15) is 0 Å². The second kappa shape index (κ2) is 13.7. The summed E-state index contributed by atoms with van der Waals surface area (Å²) in [5, 5.41) is 5.94. The van der Waals surface area contributed by atoms with Gasteiger partial charge in [0.25, 0.3) is 0 Å². The Hall–Kier alpha value is -7.43. The van der Waals surface area contributed by atoms with Crippen molar-refractivity contribution in [2.75, 3.05) is 0 Å². The number of furan rings is 1. The molecular weight excluding hydrogens is 695 g/mol. The zero-order valence-electron chi connectivity index (χ0n) is 31.1. The minimum atomic E-state index is 0.610. The van der Waals surface area contributed by atoms with Crippen LogP contribution in [-0.2, 0) is 6.42 Å². The number of benzene rings is 8. The summed E-state index contributed by atoms with van der Waals surface area (Å²) in [5.74, 6) is 2.84. The summed E-state index contributed by atoms with van der Waals surface area (Å²) in [6.07, 6.45) is 4.05. The maximum absolute atomic E-state index is 6.57. The summed E-state index contributed by atoms with van der Waals surface area (Å²) in [5.41, 5.74) is 11.8. The number of fused-ring (bicyclic) bond motifs is 5. The van der Waals surface area contributed by atoms with Gasteiger partial charge in [-0.3, -0.25) is 0 Å². The Balaban J connectivity index is 1.09. The van der Waals surface area contributed by atoms with Gasteiger partial charge in [-0.25, -0.2) is 15.0 Å². The van der Waals surface area contributed by atoms with Crippen LogP contribution >= 0.6 is 0 Å². The molecule has 0 amide bonds. The van der Waals surface area contributed by atoms with Gasteiger partial charge in [-0.05, 0) is 91.7 Å². The van der Waals surface area contributed by atoms with E-state index >= 15 is 0 Å². The Morgan fingerprint density at radius 3 is 1.70 bits per heavy atom. The highest BCUT2D eigenvalue weighted by Crippen LogP contribution is 2.42. The van der Waals surface area contributed by atoms with Gasteiger partial charge in [-0.2, -0.15) is 0 Å². The summed E-state index contributed by atoms with van der Waals surface area (Å²) in [7, 11) is 0. The lowest BCUT2D eigenvalue weighted by Gasteiger charge is -2.15. The summed E-state index contributed by atoms with van der Waals surface area (Å²) >= 11 is 0. The standard InChI is InChI=1S/C53H35N3O/c1-3-14-36(15-4-1)46-33-43(26-28-44(46)42-25-23-35-13-8-10-19-39(35)31-42)52-54-51(37-16-5-2-6-17-37)55-53(56-52)45-20-11-21-49-50(45)47-32-41(27-29-48(47)57-49)40-24-22-34-12-7-9-18-38(34)30-40/h1-26,28,30-33H,27,29H2. The van der Waals surface area contributed by atoms with Crippen LogP contribution in [0.3, 0.4) is 0 Å². The molecule has 4 nitrogen and oxygen atoms in total. The molecule has 11 rings (SSSR count). The molecule has 4 heteroatoms. The van der Waals surface area contributed by atoms with Crippen molar-refractivity contribution < 1.29 is 4.42 Å². The van der Waals surface area contributed by atoms with Crippen molar-refractivity contribution >= 4 is 44.2 Å². The van der Waals surface area contributed by atoms with Crippen molar-refractivity contribution in [1.29, 1.82) is 0 Å². The first-order valence-electron chi connectivity index (χ1n) is 19.5. The first-order valence-corrected chi connectivity index (χ1v) is 19.5. The van der Waals surface area contributed by atoms with Crippen molar-refractivity contribution in [3.05, 3.63) is 199 Å². The lowest BCUT2D eigenvalue weighted by Crippen LogP contribution is -2.01. The van der Waals surface area contributed by atoms with Gasteiger partial charge < -0.3 is 4.42 Å². The fourth-order valence-corrected chi connectivity index (χ4v) is 8.35. The molecule has 8 aromatic carbocycles. The highest BCUT2D eigenvalue weighted by atomic mass is 16.3. The zero-order chi connectivity index (χ0) is 37.7. The SMILES string of the molecule is C1=C(c2ccc3ccccc3c2)CCc2oc3cccc(-c4nc(-c5ccccc5)nc(-c5ccc(-c6ccc7ccccc7c6)c(-c6ccccc6)c5)n4)c3c21. The van der Waals surface area contributed by atoms with Gasteiger partial charge in [0.2, 0.25) is 0 Å². The van der Waals surface area contributed by atoms with Crippen LogP contribution in [0.25, 0.3) is 101 Å². The van der Waals surface area contributed by atoms with Crippen LogP contribution in [0.1, 0.15) is 23.3 Å². The first kappa shape index (κ1) is 33.0. The highest BCUT2D eigenvalue weighted by Gasteiger charge is 2.24. The van der Waals surface area contributed by atoms with E-state index in [1.807, 2.05) is 24.3 Å².